The van der Waals surface area contributed by atoms with E-state index in [4.69, 9.17) is 16.9 Å². The number of halogens is 1. The van der Waals surface area contributed by atoms with Crippen molar-refractivity contribution in [2.75, 3.05) is 5.75 Å². The molecular formula is C13H14ClNS2. The monoisotopic (exact) mass is 283 g/mol. The molecular weight excluding hydrogens is 270 g/mol. The normalized spacial score (nSPS) is 16.1. The van der Waals surface area contributed by atoms with Crippen molar-refractivity contribution >= 4 is 39.7 Å². The molecule has 1 aromatic heterocycles. The van der Waals surface area contributed by atoms with Crippen molar-refractivity contribution in [3.8, 4) is 6.07 Å². The van der Waals surface area contributed by atoms with E-state index < -0.39 is 0 Å². The molecule has 0 unspecified atom stereocenters. The van der Waals surface area contributed by atoms with E-state index in [2.05, 4.69) is 19.1 Å². The molecule has 0 atom stereocenters. The molecule has 1 aromatic rings. The van der Waals surface area contributed by atoms with Crippen molar-refractivity contribution in [3.05, 3.63) is 27.0 Å². The van der Waals surface area contributed by atoms with Crippen LogP contribution in [0.1, 0.15) is 35.1 Å². The van der Waals surface area contributed by atoms with Gasteiger partial charge in [-0.2, -0.15) is 17.0 Å². The van der Waals surface area contributed by atoms with Gasteiger partial charge in [-0.05, 0) is 30.2 Å². The summed E-state index contributed by atoms with van der Waals surface area (Å²) in [7, 11) is 0. The number of nitriles is 1. The van der Waals surface area contributed by atoms with Gasteiger partial charge in [0.25, 0.3) is 0 Å². The maximum Gasteiger partial charge on any atom is 0.0963 e. The average Bonchev–Trinajstić information content (AvgIpc) is 2.78. The Morgan fingerprint density at radius 2 is 2.41 bits per heavy atom. The van der Waals surface area contributed by atoms with Crippen molar-refractivity contribution in [2.45, 2.75) is 31.9 Å². The van der Waals surface area contributed by atoms with E-state index in [0.29, 0.717) is 5.03 Å². The maximum atomic E-state index is 9.10. The van der Waals surface area contributed by atoms with Crippen LogP contribution in [0.15, 0.2) is 11.6 Å². The molecule has 0 radical (unpaired) electrons. The van der Waals surface area contributed by atoms with Crippen LogP contribution in [0.25, 0.3) is 5.03 Å². The van der Waals surface area contributed by atoms with E-state index >= 15 is 0 Å². The van der Waals surface area contributed by atoms with Gasteiger partial charge in [-0.3, -0.25) is 0 Å². The van der Waals surface area contributed by atoms with Crippen LogP contribution in [-0.4, -0.2) is 5.75 Å². The van der Waals surface area contributed by atoms with Crippen molar-refractivity contribution in [2.24, 2.45) is 0 Å². The van der Waals surface area contributed by atoms with E-state index in [9.17, 15) is 0 Å². The van der Waals surface area contributed by atoms with Gasteiger partial charge in [0, 0.05) is 21.1 Å². The highest BCUT2D eigenvalue weighted by Gasteiger charge is 2.16. The molecule has 0 spiro atoms. The predicted molar refractivity (Wildman–Crippen MR) is 77.5 cm³/mol. The minimum Gasteiger partial charge on any atom is -0.193 e. The first-order chi connectivity index (χ1) is 8.26. The lowest BCUT2D eigenvalue weighted by atomic mass is 10.1. The number of rotatable bonds is 3. The minimum atomic E-state index is 0.666. The second-order valence-electron chi connectivity index (χ2n) is 4.02. The summed E-state index contributed by atoms with van der Waals surface area (Å²) in [6.45, 7) is 2.07. The van der Waals surface area contributed by atoms with Gasteiger partial charge in [0.2, 0.25) is 0 Å². The SMILES string of the molecule is CCCC(C#N)=C(Cl)c1cc2c(s1)CCSC2. The largest absolute Gasteiger partial charge is 0.193 e. The summed E-state index contributed by atoms with van der Waals surface area (Å²) < 4.78 is 0. The average molecular weight is 284 g/mol. The fourth-order valence-electron chi connectivity index (χ4n) is 1.87. The molecule has 90 valence electrons. The second kappa shape index (κ2) is 5.95. The molecule has 0 saturated heterocycles. The molecule has 0 saturated carbocycles. The predicted octanol–water partition coefficient (Wildman–Crippen LogP) is 4.81. The van der Waals surface area contributed by atoms with Crippen molar-refractivity contribution in [1.29, 1.82) is 5.26 Å². The maximum absolute atomic E-state index is 9.10. The summed E-state index contributed by atoms with van der Waals surface area (Å²) in [5, 5.41) is 9.77. The van der Waals surface area contributed by atoms with Crippen LogP contribution in [0.3, 0.4) is 0 Å². The Hall–Kier alpha value is -0.430. The number of thioether (sulfide) groups is 1. The van der Waals surface area contributed by atoms with Crippen LogP contribution in [0.4, 0.5) is 0 Å². The van der Waals surface area contributed by atoms with Gasteiger partial charge in [0.1, 0.15) is 0 Å². The third-order valence-corrected chi connectivity index (χ3v) is 5.55. The van der Waals surface area contributed by atoms with Crippen LogP contribution in [-0.2, 0) is 12.2 Å². The number of fused-ring (bicyclic) bond motifs is 1. The molecule has 0 aromatic carbocycles. The zero-order chi connectivity index (χ0) is 12.3. The van der Waals surface area contributed by atoms with Crippen LogP contribution >= 0.6 is 34.7 Å². The van der Waals surface area contributed by atoms with E-state index in [0.717, 1.165) is 35.5 Å². The molecule has 0 amide bonds. The smallest absolute Gasteiger partial charge is 0.0963 e. The topological polar surface area (TPSA) is 23.8 Å². The second-order valence-corrected chi connectivity index (χ2v) is 6.64. The quantitative estimate of drug-likeness (QED) is 0.743. The Balaban J connectivity index is 2.33. The van der Waals surface area contributed by atoms with Crippen LogP contribution in [0, 0.1) is 11.3 Å². The Bertz CT molecular complexity index is 459. The zero-order valence-corrected chi connectivity index (χ0v) is 12.1. The van der Waals surface area contributed by atoms with Gasteiger partial charge >= 0.3 is 0 Å². The van der Waals surface area contributed by atoms with Gasteiger partial charge in [-0.15, -0.1) is 11.3 Å². The lowest BCUT2D eigenvalue weighted by Crippen LogP contribution is -1.96. The summed E-state index contributed by atoms with van der Waals surface area (Å²) in [6.07, 6.45) is 2.87. The van der Waals surface area contributed by atoms with Gasteiger partial charge in [0.15, 0.2) is 0 Å². The third-order valence-electron chi connectivity index (χ3n) is 2.74. The molecule has 1 nitrogen and oxygen atoms in total. The lowest BCUT2D eigenvalue weighted by Gasteiger charge is -2.08. The lowest BCUT2D eigenvalue weighted by molar-refractivity contribution is 0.933. The fraction of sp³-hybridized carbons (Fsp3) is 0.462. The molecule has 2 heterocycles. The Kier molecular flexibility index (Phi) is 4.55. The number of nitrogens with zero attached hydrogens (tertiary/aromatic N) is 1. The van der Waals surface area contributed by atoms with Crippen molar-refractivity contribution < 1.29 is 0 Å². The summed E-state index contributed by atoms with van der Waals surface area (Å²) in [6, 6.07) is 4.40. The first kappa shape index (κ1) is 13.0. The summed E-state index contributed by atoms with van der Waals surface area (Å²) >= 11 is 10.1. The van der Waals surface area contributed by atoms with Gasteiger partial charge in [-0.1, -0.05) is 24.9 Å². The van der Waals surface area contributed by atoms with Crippen LogP contribution in [0.5, 0.6) is 0 Å². The van der Waals surface area contributed by atoms with Crippen LogP contribution < -0.4 is 0 Å². The molecule has 1 aliphatic rings. The molecule has 0 bridgehead atoms. The molecule has 17 heavy (non-hydrogen) atoms. The van der Waals surface area contributed by atoms with Gasteiger partial charge in [-0.25, -0.2) is 0 Å². The molecule has 2 rings (SSSR count). The minimum absolute atomic E-state index is 0.666. The van der Waals surface area contributed by atoms with E-state index in [1.807, 2.05) is 11.8 Å². The first-order valence-corrected chi connectivity index (χ1v) is 8.09. The molecule has 0 fully saturated rings. The summed E-state index contributed by atoms with van der Waals surface area (Å²) in [5.74, 6) is 2.29. The number of allylic oxidation sites excluding steroid dienone is 1. The highest BCUT2D eigenvalue weighted by Crippen LogP contribution is 2.37. The molecule has 4 heteroatoms. The standard InChI is InChI=1S/C13H14ClNS2/c1-2-3-9(7-15)13(14)12-6-10-8-16-5-4-11(10)17-12/h6H,2-5,8H2,1H3. The Morgan fingerprint density at radius 3 is 3.06 bits per heavy atom. The third kappa shape index (κ3) is 2.88. The number of hydrogen-bond donors (Lipinski definition) is 0. The number of thiophene rings is 1. The highest BCUT2D eigenvalue weighted by atomic mass is 35.5. The molecule has 0 N–H and O–H groups in total. The van der Waals surface area contributed by atoms with Crippen molar-refractivity contribution in [1.82, 2.24) is 0 Å². The van der Waals surface area contributed by atoms with Crippen LogP contribution in [0.2, 0.25) is 0 Å². The van der Waals surface area contributed by atoms with E-state index in [1.165, 1.54) is 16.2 Å². The summed E-state index contributed by atoms with van der Waals surface area (Å²) in [5.41, 5.74) is 2.13. The van der Waals surface area contributed by atoms with Crippen molar-refractivity contribution in [3.63, 3.8) is 0 Å². The first-order valence-electron chi connectivity index (χ1n) is 5.74. The highest BCUT2D eigenvalue weighted by molar-refractivity contribution is 7.98. The number of hydrogen-bond acceptors (Lipinski definition) is 3. The van der Waals surface area contributed by atoms with E-state index in [-0.39, 0.29) is 0 Å². The zero-order valence-electron chi connectivity index (χ0n) is 9.75. The molecule has 1 aliphatic heterocycles. The molecule has 0 aliphatic carbocycles. The van der Waals surface area contributed by atoms with Gasteiger partial charge in [0.05, 0.1) is 11.1 Å². The fourth-order valence-corrected chi connectivity index (χ4v) is 4.51. The van der Waals surface area contributed by atoms with E-state index in [1.54, 1.807) is 11.3 Å². The van der Waals surface area contributed by atoms with Gasteiger partial charge < -0.3 is 0 Å². The Morgan fingerprint density at radius 1 is 1.59 bits per heavy atom. The number of aryl methyl sites for hydroxylation is 1. The Labute approximate surface area is 115 Å². The summed E-state index contributed by atoms with van der Waals surface area (Å²) in [4.78, 5) is 2.52.